The second-order valence-electron chi connectivity index (χ2n) is 8.82. The summed E-state index contributed by atoms with van der Waals surface area (Å²) in [4.78, 5) is 19.5. The van der Waals surface area contributed by atoms with E-state index in [0.717, 1.165) is 66.5 Å². The predicted molar refractivity (Wildman–Crippen MR) is 137 cm³/mol. The molecule has 1 fully saturated rings. The van der Waals surface area contributed by atoms with Gasteiger partial charge in [-0.15, -0.1) is 0 Å². The van der Waals surface area contributed by atoms with E-state index in [0.29, 0.717) is 12.5 Å². The van der Waals surface area contributed by atoms with Crippen LogP contribution in [-0.2, 0) is 13.2 Å². The van der Waals surface area contributed by atoms with Gasteiger partial charge in [-0.1, -0.05) is 36.4 Å². The summed E-state index contributed by atoms with van der Waals surface area (Å²) in [5.41, 5.74) is 2.84. The summed E-state index contributed by atoms with van der Waals surface area (Å²) in [7, 11) is 1.62. The number of nitrogens with zero attached hydrogens (tertiary/aromatic N) is 3. The highest BCUT2D eigenvalue weighted by atomic mass is 16.5. The first kappa shape index (κ1) is 22.8. The highest BCUT2D eigenvalue weighted by Gasteiger charge is 2.24. The number of hydrogen-bond donors (Lipinski definition) is 1. The number of amides is 2. The van der Waals surface area contributed by atoms with Gasteiger partial charge in [0.05, 0.1) is 18.1 Å². The molecule has 180 valence electrons. The molecule has 35 heavy (non-hydrogen) atoms. The van der Waals surface area contributed by atoms with Gasteiger partial charge in [0.15, 0.2) is 0 Å². The van der Waals surface area contributed by atoms with Crippen LogP contribution in [0.3, 0.4) is 0 Å². The number of urea groups is 1. The smallest absolute Gasteiger partial charge is 0.321 e. The number of hydrogen-bond acceptors (Lipinski definition) is 4. The monoisotopic (exact) mass is 470 g/mol. The van der Waals surface area contributed by atoms with E-state index in [4.69, 9.17) is 14.5 Å². The van der Waals surface area contributed by atoms with Crippen molar-refractivity contribution in [2.75, 3.05) is 25.5 Å². The van der Waals surface area contributed by atoms with E-state index < -0.39 is 0 Å². The minimum atomic E-state index is -0.0678. The number of fused-ring (bicyclic) bond motifs is 1. The molecule has 0 radical (unpaired) electrons. The van der Waals surface area contributed by atoms with Crippen molar-refractivity contribution in [3.63, 3.8) is 0 Å². The molecule has 0 aliphatic carbocycles. The normalized spacial score (nSPS) is 14.1. The van der Waals surface area contributed by atoms with Crippen LogP contribution in [0, 0.1) is 5.92 Å². The first-order valence-electron chi connectivity index (χ1n) is 12.0. The Morgan fingerprint density at radius 1 is 0.971 bits per heavy atom. The molecule has 3 aromatic carbocycles. The SMILES string of the molecule is COc1cccc(NC(=O)N2CCC(Cn3c(COc4ccccc4)nc4ccccc43)CC2)c1. The van der Waals surface area contributed by atoms with E-state index in [1.54, 1.807) is 7.11 Å². The zero-order valence-corrected chi connectivity index (χ0v) is 19.9. The highest BCUT2D eigenvalue weighted by molar-refractivity contribution is 5.89. The summed E-state index contributed by atoms with van der Waals surface area (Å²) < 4.78 is 13.6. The van der Waals surface area contributed by atoms with E-state index in [9.17, 15) is 4.79 Å². The second-order valence-corrected chi connectivity index (χ2v) is 8.82. The van der Waals surface area contributed by atoms with Crippen LogP contribution in [0.5, 0.6) is 11.5 Å². The van der Waals surface area contributed by atoms with E-state index in [1.807, 2.05) is 77.7 Å². The molecule has 5 rings (SSSR count). The number of carbonyl (C=O) groups excluding carboxylic acids is 1. The van der Waals surface area contributed by atoms with Gasteiger partial charge in [0, 0.05) is 31.4 Å². The maximum absolute atomic E-state index is 12.8. The number of piperidine rings is 1. The van der Waals surface area contributed by atoms with Crippen molar-refractivity contribution in [3.05, 3.63) is 84.7 Å². The summed E-state index contributed by atoms with van der Waals surface area (Å²) in [5, 5.41) is 2.99. The van der Waals surface area contributed by atoms with Crippen LogP contribution in [-0.4, -0.2) is 40.7 Å². The molecule has 2 heterocycles. The summed E-state index contributed by atoms with van der Waals surface area (Å²) in [6.07, 6.45) is 1.88. The zero-order chi connectivity index (χ0) is 24.0. The number of nitrogens with one attached hydrogen (secondary N) is 1. The number of aromatic nitrogens is 2. The predicted octanol–water partition coefficient (Wildman–Crippen LogP) is 5.57. The third-order valence-electron chi connectivity index (χ3n) is 6.51. The molecule has 0 atom stereocenters. The fraction of sp³-hybridized carbons (Fsp3) is 0.286. The maximum atomic E-state index is 12.8. The van der Waals surface area contributed by atoms with Gasteiger partial charge in [-0.05, 0) is 55.2 Å². The number of imidazole rings is 1. The largest absolute Gasteiger partial charge is 0.497 e. The molecule has 2 amide bonds. The molecule has 1 aliphatic heterocycles. The van der Waals surface area contributed by atoms with Crippen LogP contribution in [0.2, 0.25) is 0 Å². The quantitative estimate of drug-likeness (QED) is 0.384. The van der Waals surface area contributed by atoms with Crippen LogP contribution in [0.4, 0.5) is 10.5 Å². The minimum absolute atomic E-state index is 0.0678. The number of benzene rings is 3. The molecule has 0 spiro atoms. The summed E-state index contributed by atoms with van der Waals surface area (Å²) in [6, 6.07) is 25.4. The summed E-state index contributed by atoms with van der Waals surface area (Å²) >= 11 is 0. The van der Waals surface area contributed by atoms with Gasteiger partial charge in [0.1, 0.15) is 23.9 Å². The fourth-order valence-electron chi connectivity index (χ4n) is 4.58. The lowest BCUT2D eigenvalue weighted by atomic mass is 9.96. The van der Waals surface area contributed by atoms with Crippen LogP contribution < -0.4 is 14.8 Å². The van der Waals surface area contributed by atoms with Gasteiger partial charge >= 0.3 is 6.03 Å². The Morgan fingerprint density at radius 2 is 1.71 bits per heavy atom. The van der Waals surface area contributed by atoms with Crippen molar-refractivity contribution < 1.29 is 14.3 Å². The highest BCUT2D eigenvalue weighted by Crippen LogP contribution is 2.25. The molecular formula is C28H30N4O3. The fourth-order valence-corrected chi connectivity index (χ4v) is 4.58. The van der Waals surface area contributed by atoms with Gasteiger partial charge in [0.2, 0.25) is 0 Å². The Hall–Kier alpha value is -4.00. The molecule has 0 unspecified atom stereocenters. The van der Waals surface area contributed by atoms with Crippen molar-refractivity contribution in [1.29, 1.82) is 0 Å². The molecule has 1 N–H and O–H groups in total. The number of para-hydroxylation sites is 3. The minimum Gasteiger partial charge on any atom is -0.497 e. The Labute approximate surface area is 205 Å². The first-order valence-corrected chi connectivity index (χ1v) is 12.0. The van der Waals surface area contributed by atoms with Crippen LogP contribution in [0.25, 0.3) is 11.0 Å². The maximum Gasteiger partial charge on any atom is 0.321 e. The molecule has 4 aromatic rings. The van der Waals surface area contributed by atoms with Crippen molar-refractivity contribution >= 4 is 22.8 Å². The van der Waals surface area contributed by atoms with Crippen molar-refractivity contribution in [3.8, 4) is 11.5 Å². The Kier molecular flexibility index (Phi) is 6.84. The third kappa shape index (κ3) is 5.40. The summed E-state index contributed by atoms with van der Waals surface area (Å²) in [6.45, 7) is 2.73. The van der Waals surface area contributed by atoms with E-state index in [1.165, 1.54) is 0 Å². The summed E-state index contributed by atoms with van der Waals surface area (Å²) in [5.74, 6) is 2.94. The molecule has 1 aromatic heterocycles. The second kappa shape index (κ2) is 10.5. The van der Waals surface area contributed by atoms with Gasteiger partial charge in [0.25, 0.3) is 0 Å². The average Bonchev–Trinajstić information content (AvgIpc) is 3.25. The Balaban J connectivity index is 1.22. The molecule has 1 aliphatic rings. The number of likely N-dealkylation sites (tertiary alicyclic amines) is 1. The Bertz CT molecular complexity index is 1280. The molecule has 0 saturated carbocycles. The standard InChI is InChI=1S/C28H30N4O3/c1-34-24-11-7-8-22(18-24)29-28(33)31-16-14-21(15-17-31)19-32-26-13-6-5-12-25(26)30-27(32)20-35-23-9-3-2-4-10-23/h2-13,18,21H,14-17,19-20H2,1H3,(H,29,33). The number of methoxy groups -OCH3 is 1. The molecule has 0 bridgehead atoms. The van der Waals surface area contributed by atoms with Crippen molar-refractivity contribution in [2.24, 2.45) is 5.92 Å². The lowest BCUT2D eigenvalue weighted by molar-refractivity contribution is 0.176. The first-order chi connectivity index (χ1) is 17.2. The third-order valence-corrected chi connectivity index (χ3v) is 6.51. The van der Waals surface area contributed by atoms with E-state index >= 15 is 0 Å². The molecule has 1 saturated heterocycles. The number of rotatable bonds is 7. The molecule has 7 nitrogen and oxygen atoms in total. The van der Waals surface area contributed by atoms with Gasteiger partial charge < -0.3 is 24.3 Å². The Morgan fingerprint density at radius 3 is 2.51 bits per heavy atom. The van der Waals surface area contributed by atoms with Gasteiger partial charge in [-0.3, -0.25) is 0 Å². The van der Waals surface area contributed by atoms with Crippen LogP contribution in [0.15, 0.2) is 78.9 Å². The lowest BCUT2D eigenvalue weighted by Gasteiger charge is -2.32. The number of anilines is 1. The zero-order valence-electron chi connectivity index (χ0n) is 19.9. The molecule has 7 heteroatoms. The van der Waals surface area contributed by atoms with Crippen molar-refractivity contribution in [2.45, 2.75) is 26.0 Å². The van der Waals surface area contributed by atoms with Gasteiger partial charge in [-0.25, -0.2) is 9.78 Å². The lowest BCUT2D eigenvalue weighted by Crippen LogP contribution is -2.41. The van der Waals surface area contributed by atoms with Crippen LogP contribution >= 0.6 is 0 Å². The van der Waals surface area contributed by atoms with Gasteiger partial charge in [-0.2, -0.15) is 0 Å². The average molecular weight is 471 g/mol. The number of ether oxygens (including phenoxy) is 2. The van der Waals surface area contributed by atoms with Crippen LogP contribution in [0.1, 0.15) is 18.7 Å². The number of carbonyl (C=O) groups is 1. The topological polar surface area (TPSA) is 68.6 Å². The van der Waals surface area contributed by atoms with E-state index in [2.05, 4.69) is 16.0 Å². The molecular weight excluding hydrogens is 440 g/mol. The van der Waals surface area contributed by atoms with Crippen molar-refractivity contribution in [1.82, 2.24) is 14.5 Å². The van der Waals surface area contributed by atoms with E-state index in [-0.39, 0.29) is 6.03 Å².